The van der Waals surface area contributed by atoms with E-state index in [9.17, 15) is 4.79 Å². The fourth-order valence-electron chi connectivity index (χ4n) is 1.13. The zero-order valence-corrected chi connectivity index (χ0v) is 8.77. The van der Waals surface area contributed by atoms with Crippen molar-refractivity contribution >= 4 is 12.0 Å². The van der Waals surface area contributed by atoms with Crippen LogP contribution in [0.4, 0.5) is 0 Å². The highest BCUT2D eigenvalue weighted by molar-refractivity contribution is 5.87. The molecule has 0 fully saturated rings. The molecule has 0 heterocycles. The summed E-state index contributed by atoms with van der Waals surface area (Å²) in [6.07, 6.45) is 4.69. The average molecular weight is 202 g/mol. The van der Waals surface area contributed by atoms with E-state index in [1.165, 1.54) is 6.08 Å². The van der Waals surface area contributed by atoms with Crippen LogP contribution in [0.5, 0.6) is 0 Å². The number of ether oxygens (including phenoxy) is 1. The van der Waals surface area contributed by atoms with Gasteiger partial charge in [-0.25, -0.2) is 4.79 Å². The molecule has 0 unspecified atom stereocenters. The van der Waals surface area contributed by atoms with Gasteiger partial charge in [-0.1, -0.05) is 42.5 Å². The first-order valence-electron chi connectivity index (χ1n) is 4.75. The standard InChI is InChI=1S/C13H14O2/c1-3-9-15-13(14)8-7-12-6-4-5-11(2)10-12/h3-8,10H,1,9H2,2H3/b8-7+. The minimum atomic E-state index is -0.351. The Hall–Kier alpha value is -1.83. The van der Waals surface area contributed by atoms with Crippen molar-refractivity contribution in [1.29, 1.82) is 0 Å². The van der Waals surface area contributed by atoms with Gasteiger partial charge in [0.05, 0.1) is 0 Å². The monoisotopic (exact) mass is 202 g/mol. The number of carbonyl (C=O) groups is 1. The van der Waals surface area contributed by atoms with Crippen molar-refractivity contribution in [1.82, 2.24) is 0 Å². The number of esters is 1. The zero-order valence-electron chi connectivity index (χ0n) is 8.77. The first-order chi connectivity index (χ1) is 7.22. The molecule has 0 spiro atoms. The predicted octanol–water partition coefficient (Wildman–Crippen LogP) is 2.74. The number of benzene rings is 1. The fraction of sp³-hybridized carbons (Fsp3) is 0.154. The van der Waals surface area contributed by atoms with Crippen molar-refractivity contribution in [3.8, 4) is 0 Å². The molecule has 0 aliphatic heterocycles. The normalized spacial score (nSPS) is 10.2. The van der Waals surface area contributed by atoms with E-state index < -0.39 is 0 Å². The molecule has 0 aromatic heterocycles. The summed E-state index contributed by atoms with van der Waals surface area (Å²) in [7, 11) is 0. The Kier molecular flexibility index (Phi) is 4.35. The second-order valence-electron chi connectivity index (χ2n) is 3.17. The Morgan fingerprint density at radius 3 is 3.00 bits per heavy atom. The molecule has 0 radical (unpaired) electrons. The molecule has 0 bridgehead atoms. The summed E-state index contributed by atoms with van der Waals surface area (Å²) in [6.45, 7) is 5.72. The van der Waals surface area contributed by atoms with Crippen LogP contribution in [0.15, 0.2) is 43.0 Å². The lowest BCUT2D eigenvalue weighted by molar-refractivity contribution is -0.136. The third-order valence-electron chi connectivity index (χ3n) is 1.80. The maximum atomic E-state index is 11.1. The summed E-state index contributed by atoms with van der Waals surface area (Å²) in [4.78, 5) is 11.1. The van der Waals surface area contributed by atoms with Gasteiger partial charge in [-0.15, -0.1) is 0 Å². The van der Waals surface area contributed by atoms with Gasteiger partial charge in [0.15, 0.2) is 0 Å². The topological polar surface area (TPSA) is 26.3 Å². The van der Waals surface area contributed by atoms with Gasteiger partial charge >= 0.3 is 5.97 Å². The van der Waals surface area contributed by atoms with Crippen LogP contribution in [0.1, 0.15) is 11.1 Å². The number of hydrogen-bond acceptors (Lipinski definition) is 2. The van der Waals surface area contributed by atoms with Gasteiger partial charge in [0, 0.05) is 6.08 Å². The van der Waals surface area contributed by atoms with Gasteiger partial charge in [-0.05, 0) is 18.6 Å². The highest BCUT2D eigenvalue weighted by Crippen LogP contribution is 2.05. The molecule has 2 nitrogen and oxygen atoms in total. The molecule has 2 heteroatoms. The minimum absolute atomic E-state index is 0.247. The molecule has 1 aromatic rings. The van der Waals surface area contributed by atoms with Crippen molar-refractivity contribution in [2.75, 3.05) is 6.61 Å². The second-order valence-corrected chi connectivity index (χ2v) is 3.17. The maximum Gasteiger partial charge on any atom is 0.331 e. The highest BCUT2D eigenvalue weighted by Gasteiger charge is 1.94. The minimum Gasteiger partial charge on any atom is -0.458 e. The molecule has 0 N–H and O–H groups in total. The fourth-order valence-corrected chi connectivity index (χ4v) is 1.13. The van der Waals surface area contributed by atoms with Crippen LogP contribution in [-0.4, -0.2) is 12.6 Å². The Bertz CT molecular complexity index is 378. The van der Waals surface area contributed by atoms with Gasteiger partial charge in [0.2, 0.25) is 0 Å². The molecule has 15 heavy (non-hydrogen) atoms. The molecular formula is C13H14O2. The molecule has 0 saturated carbocycles. The quantitative estimate of drug-likeness (QED) is 0.426. The van der Waals surface area contributed by atoms with Crippen LogP contribution >= 0.6 is 0 Å². The Balaban J connectivity index is 2.57. The maximum absolute atomic E-state index is 11.1. The predicted molar refractivity (Wildman–Crippen MR) is 61.4 cm³/mol. The average Bonchev–Trinajstić information content (AvgIpc) is 2.23. The van der Waals surface area contributed by atoms with E-state index in [0.717, 1.165) is 11.1 Å². The van der Waals surface area contributed by atoms with Crippen molar-refractivity contribution in [2.24, 2.45) is 0 Å². The van der Waals surface area contributed by atoms with E-state index in [4.69, 9.17) is 4.74 Å². The van der Waals surface area contributed by atoms with Gasteiger partial charge in [-0.3, -0.25) is 0 Å². The van der Waals surface area contributed by atoms with Gasteiger partial charge in [0.25, 0.3) is 0 Å². The first kappa shape index (κ1) is 11.2. The Morgan fingerprint density at radius 1 is 1.53 bits per heavy atom. The van der Waals surface area contributed by atoms with Crippen LogP contribution in [0.3, 0.4) is 0 Å². The molecule has 1 aromatic carbocycles. The zero-order chi connectivity index (χ0) is 11.1. The van der Waals surface area contributed by atoms with Gasteiger partial charge < -0.3 is 4.74 Å². The molecule has 0 atom stereocenters. The molecule has 78 valence electrons. The molecule has 0 aliphatic rings. The van der Waals surface area contributed by atoms with Crippen molar-refractivity contribution in [2.45, 2.75) is 6.92 Å². The van der Waals surface area contributed by atoms with Crippen molar-refractivity contribution < 1.29 is 9.53 Å². The summed E-state index contributed by atoms with van der Waals surface area (Å²) in [5.41, 5.74) is 2.15. The van der Waals surface area contributed by atoms with E-state index >= 15 is 0 Å². The van der Waals surface area contributed by atoms with Crippen LogP contribution < -0.4 is 0 Å². The summed E-state index contributed by atoms with van der Waals surface area (Å²) in [5, 5.41) is 0. The SMILES string of the molecule is C=CCOC(=O)/C=C/c1cccc(C)c1. The molecule has 0 saturated heterocycles. The van der Waals surface area contributed by atoms with Gasteiger partial charge in [-0.2, -0.15) is 0 Å². The Labute approximate surface area is 89.9 Å². The van der Waals surface area contributed by atoms with E-state index in [-0.39, 0.29) is 12.6 Å². The highest BCUT2D eigenvalue weighted by atomic mass is 16.5. The van der Waals surface area contributed by atoms with Gasteiger partial charge in [0.1, 0.15) is 6.61 Å². The number of rotatable bonds is 4. The van der Waals surface area contributed by atoms with Crippen LogP contribution in [-0.2, 0) is 9.53 Å². The van der Waals surface area contributed by atoms with E-state index in [1.54, 1.807) is 12.2 Å². The summed E-state index contributed by atoms with van der Waals surface area (Å²) in [6, 6.07) is 7.89. The summed E-state index contributed by atoms with van der Waals surface area (Å²) < 4.78 is 4.80. The molecule has 0 aliphatic carbocycles. The van der Waals surface area contributed by atoms with E-state index in [0.29, 0.717) is 0 Å². The number of hydrogen-bond donors (Lipinski definition) is 0. The molecule has 1 rings (SSSR count). The largest absolute Gasteiger partial charge is 0.458 e. The summed E-state index contributed by atoms with van der Waals surface area (Å²) in [5.74, 6) is -0.351. The Morgan fingerprint density at radius 2 is 2.33 bits per heavy atom. The number of aryl methyl sites for hydroxylation is 1. The smallest absolute Gasteiger partial charge is 0.331 e. The molecule has 0 amide bonds. The van der Waals surface area contributed by atoms with Crippen LogP contribution in [0.2, 0.25) is 0 Å². The third kappa shape index (κ3) is 4.27. The van der Waals surface area contributed by atoms with Crippen molar-refractivity contribution in [3.63, 3.8) is 0 Å². The molecular weight excluding hydrogens is 188 g/mol. The lowest BCUT2D eigenvalue weighted by Gasteiger charge is -1.97. The first-order valence-corrected chi connectivity index (χ1v) is 4.75. The van der Waals surface area contributed by atoms with Crippen molar-refractivity contribution in [3.05, 3.63) is 54.1 Å². The van der Waals surface area contributed by atoms with E-state index in [2.05, 4.69) is 6.58 Å². The second kappa shape index (κ2) is 5.81. The van der Waals surface area contributed by atoms with Crippen LogP contribution in [0, 0.1) is 6.92 Å². The number of carbonyl (C=O) groups excluding carboxylic acids is 1. The van der Waals surface area contributed by atoms with E-state index in [1.807, 2.05) is 31.2 Å². The lowest BCUT2D eigenvalue weighted by Crippen LogP contribution is -1.99. The third-order valence-corrected chi connectivity index (χ3v) is 1.80. The lowest BCUT2D eigenvalue weighted by atomic mass is 10.1. The summed E-state index contributed by atoms with van der Waals surface area (Å²) >= 11 is 0. The van der Waals surface area contributed by atoms with Crippen LogP contribution in [0.25, 0.3) is 6.08 Å².